The van der Waals surface area contributed by atoms with Crippen LogP contribution in [0.3, 0.4) is 0 Å². The maximum Gasteiger partial charge on any atom is 0.407 e. The van der Waals surface area contributed by atoms with Gasteiger partial charge in [-0.1, -0.05) is 0 Å². The van der Waals surface area contributed by atoms with Gasteiger partial charge in [-0.05, 0) is 68.3 Å². The van der Waals surface area contributed by atoms with Crippen molar-refractivity contribution in [1.82, 2.24) is 15.3 Å². The van der Waals surface area contributed by atoms with Crippen LogP contribution in [-0.4, -0.2) is 41.3 Å². The summed E-state index contributed by atoms with van der Waals surface area (Å²) in [6.45, 7) is 6.59. The zero-order valence-corrected chi connectivity index (χ0v) is 16.5. The number of hydrogen-bond acceptors (Lipinski definition) is 5. The molecule has 1 heterocycles. The maximum atomic E-state index is 11.8. The molecule has 6 nitrogen and oxygen atoms in total. The Hall–Kier alpha value is -1.37. The highest BCUT2D eigenvalue weighted by Crippen LogP contribution is 2.26. The molecule has 7 heteroatoms. The van der Waals surface area contributed by atoms with Crippen LogP contribution in [0.2, 0.25) is 0 Å². The number of nitrogens with zero attached hydrogens (tertiary/aromatic N) is 3. The molecule has 0 aliphatic heterocycles. The molecule has 1 saturated carbocycles. The third-order valence-corrected chi connectivity index (χ3v) is 4.51. The molecule has 0 unspecified atom stereocenters. The van der Waals surface area contributed by atoms with Gasteiger partial charge in [-0.3, -0.25) is 0 Å². The molecule has 0 bridgehead atoms. The van der Waals surface area contributed by atoms with Crippen LogP contribution in [-0.2, 0) is 4.74 Å². The lowest BCUT2D eigenvalue weighted by molar-refractivity contribution is 0.0488. The van der Waals surface area contributed by atoms with Crippen molar-refractivity contribution in [3.05, 3.63) is 17.0 Å². The summed E-state index contributed by atoms with van der Waals surface area (Å²) in [5, 5.41) is 2.98. The molecular weight excluding hydrogens is 372 g/mol. The number of carbonyl (C=O) groups is 1. The molecule has 0 atom stereocenters. The van der Waals surface area contributed by atoms with E-state index in [0.717, 1.165) is 42.6 Å². The summed E-state index contributed by atoms with van der Waals surface area (Å²) < 4.78 is 6.07. The molecular formula is C17H27BrN4O2. The van der Waals surface area contributed by atoms with Gasteiger partial charge in [-0.15, -0.1) is 0 Å². The molecule has 1 aliphatic rings. The van der Waals surface area contributed by atoms with Gasteiger partial charge in [0, 0.05) is 19.6 Å². The Balaban J connectivity index is 1.74. The molecule has 1 aromatic heterocycles. The maximum absolute atomic E-state index is 11.8. The molecule has 1 N–H and O–H groups in total. The predicted octanol–water partition coefficient (Wildman–Crippen LogP) is 3.76. The Morgan fingerprint density at radius 2 is 1.96 bits per heavy atom. The topological polar surface area (TPSA) is 67.4 Å². The summed E-state index contributed by atoms with van der Waals surface area (Å²) in [6, 6.07) is 0.217. The minimum Gasteiger partial charge on any atom is -0.444 e. The van der Waals surface area contributed by atoms with Gasteiger partial charge in [-0.2, -0.15) is 0 Å². The van der Waals surface area contributed by atoms with Crippen LogP contribution in [0.5, 0.6) is 0 Å². The van der Waals surface area contributed by atoms with E-state index < -0.39 is 5.60 Å². The van der Waals surface area contributed by atoms with E-state index >= 15 is 0 Å². The Kier molecular flexibility index (Phi) is 6.43. The molecule has 134 valence electrons. The number of amides is 1. The molecule has 0 aromatic carbocycles. The van der Waals surface area contributed by atoms with Crippen molar-refractivity contribution in [3.63, 3.8) is 0 Å². The highest BCUT2D eigenvalue weighted by Gasteiger charge is 2.25. The first-order chi connectivity index (χ1) is 11.2. The molecule has 0 saturated heterocycles. The number of aromatic nitrogens is 2. The average molecular weight is 399 g/mol. The predicted molar refractivity (Wildman–Crippen MR) is 98.1 cm³/mol. The van der Waals surface area contributed by atoms with Gasteiger partial charge in [0.05, 0.1) is 12.4 Å². The number of carbonyl (C=O) groups excluding carboxylic acids is 1. The number of anilines is 1. The normalized spacial score (nSPS) is 21.2. The van der Waals surface area contributed by atoms with Gasteiger partial charge in [-0.25, -0.2) is 14.8 Å². The highest BCUT2D eigenvalue weighted by molar-refractivity contribution is 9.10. The fourth-order valence-electron chi connectivity index (χ4n) is 2.95. The van der Waals surface area contributed by atoms with Crippen LogP contribution in [0.4, 0.5) is 10.6 Å². The molecule has 1 aromatic rings. The first kappa shape index (κ1) is 19.0. The second kappa shape index (κ2) is 8.14. The summed E-state index contributed by atoms with van der Waals surface area (Å²) in [6.07, 6.45) is 7.35. The van der Waals surface area contributed by atoms with Crippen LogP contribution >= 0.6 is 15.9 Å². The van der Waals surface area contributed by atoms with Crippen molar-refractivity contribution in [2.45, 2.75) is 58.1 Å². The van der Waals surface area contributed by atoms with Crippen LogP contribution < -0.4 is 10.2 Å². The van der Waals surface area contributed by atoms with Crippen molar-refractivity contribution >= 4 is 27.8 Å². The van der Waals surface area contributed by atoms with Crippen LogP contribution in [0.15, 0.2) is 17.0 Å². The molecule has 1 aliphatic carbocycles. The second-order valence-electron chi connectivity index (χ2n) is 7.44. The van der Waals surface area contributed by atoms with Crippen molar-refractivity contribution in [3.8, 4) is 0 Å². The number of halogens is 1. The largest absolute Gasteiger partial charge is 0.444 e. The highest BCUT2D eigenvalue weighted by atomic mass is 79.9. The van der Waals surface area contributed by atoms with E-state index in [1.807, 2.05) is 27.8 Å². The zero-order valence-electron chi connectivity index (χ0n) is 14.9. The summed E-state index contributed by atoms with van der Waals surface area (Å²) in [4.78, 5) is 22.6. The molecule has 2 rings (SSSR count). The van der Waals surface area contributed by atoms with Crippen molar-refractivity contribution in [2.24, 2.45) is 5.92 Å². The number of ether oxygens (including phenoxy) is 1. The molecule has 1 amide bonds. The zero-order chi connectivity index (χ0) is 17.7. The fourth-order valence-corrected chi connectivity index (χ4v) is 3.15. The Morgan fingerprint density at radius 1 is 1.29 bits per heavy atom. The van der Waals surface area contributed by atoms with E-state index in [2.05, 4.69) is 36.1 Å². The van der Waals surface area contributed by atoms with Gasteiger partial charge in [0.1, 0.15) is 16.0 Å². The molecule has 0 spiro atoms. The second-order valence-corrected chi connectivity index (χ2v) is 8.25. The first-order valence-corrected chi connectivity index (χ1v) is 9.20. The minimum absolute atomic E-state index is 0.217. The smallest absolute Gasteiger partial charge is 0.407 e. The third-order valence-electron chi connectivity index (χ3n) is 4.10. The summed E-state index contributed by atoms with van der Waals surface area (Å²) >= 11 is 3.30. The standard InChI is InChI=1S/C17H27BrN4O2/c1-17(2,3)24-16(23)21-13-7-5-12(6-8-13)11-22(4)15-10-19-14(18)9-20-15/h9-10,12-13H,5-8,11H2,1-4H3,(H,21,23). The van der Waals surface area contributed by atoms with E-state index in [1.54, 1.807) is 12.4 Å². The summed E-state index contributed by atoms with van der Waals surface area (Å²) in [5.74, 6) is 1.49. The van der Waals surface area contributed by atoms with E-state index in [0.29, 0.717) is 5.92 Å². The van der Waals surface area contributed by atoms with E-state index in [-0.39, 0.29) is 12.1 Å². The van der Waals surface area contributed by atoms with Crippen molar-refractivity contribution in [2.75, 3.05) is 18.5 Å². The quantitative estimate of drug-likeness (QED) is 0.835. The lowest BCUT2D eigenvalue weighted by atomic mass is 9.86. The number of alkyl carbamates (subject to hydrolysis) is 1. The van der Waals surface area contributed by atoms with Gasteiger partial charge in [0.15, 0.2) is 0 Å². The SMILES string of the molecule is CN(CC1CCC(NC(=O)OC(C)(C)C)CC1)c1cnc(Br)cn1. The number of nitrogens with one attached hydrogen (secondary N) is 1. The third kappa shape index (κ3) is 6.26. The van der Waals surface area contributed by atoms with Crippen molar-refractivity contribution < 1.29 is 9.53 Å². The molecule has 0 radical (unpaired) electrons. The Bertz CT molecular complexity index is 537. The lowest BCUT2D eigenvalue weighted by Gasteiger charge is -2.32. The van der Waals surface area contributed by atoms with E-state index in [9.17, 15) is 4.79 Å². The minimum atomic E-state index is -0.449. The van der Waals surface area contributed by atoms with Gasteiger partial charge in [0.2, 0.25) is 0 Å². The van der Waals surface area contributed by atoms with E-state index in [1.165, 1.54) is 0 Å². The fraction of sp³-hybridized carbons (Fsp3) is 0.706. The van der Waals surface area contributed by atoms with Crippen LogP contribution in [0.25, 0.3) is 0 Å². The molecule has 24 heavy (non-hydrogen) atoms. The van der Waals surface area contributed by atoms with E-state index in [4.69, 9.17) is 4.74 Å². The average Bonchev–Trinajstić information content (AvgIpc) is 2.48. The summed E-state index contributed by atoms with van der Waals surface area (Å²) in [5.41, 5.74) is -0.449. The lowest BCUT2D eigenvalue weighted by Crippen LogP contribution is -2.42. The van der Waals surface area contributed by atoms with Crippen LogP contribution in [0.1, 0.15) is 46.5 Å². The van der Waals surface area contributed by atoms with Gasteiger partial charge < -0.3 is 15.0 Å². The summed E-state index contributed by atoms with van der Waals surface area (Å²) in [7, 11) is 2.04. The van der Waals surface area contributed by atoms with Crippen molar-refractivity contribution in [1.29, 1.82) is 0 Å². The Morgan fingerprint density at radius 3 is 2.50 bits per heavy atom. The van der Waals surface area contributed by atoms with Crippen LogP contribution in [0, 0.1) is 5.92 Å². The monoisotopic (exact) mass is 398 g/mol. The molecule has 1 fully saturated rings. The Labute approximate surface area is 152 Å². The van der Waals surface area contributed by atoms with Gasteiger partial charge >= 0.3 is 6.09 Å². The van der Waals surface area contributed by atoms with Gasteiger partial charge in [0.25, 0.3) is 0 Å². The number of hydrogen-bond donors (Lipinski definition) is 1. The number of rotatable bonds is 4. The first-order valence-electron chi connectivity index (χ1n) is 8.41.